The van der Waals surface area contributed by atoms with Gasteiger partial charge in [-0.15, -0.1) is 0 Å². The number of aliphatic hydroxyl groups is 1. The minimum atomic E-state index is -0.606. The van der Waals surface area contributed by atoms with Crippen molar-refractivity contribution in [1.29, 1.82) is 5.26 Å². The maximum absolute atomic E-state index is 10.1. The molecule has 2 atom stereocenters. The highest BCUT2D eigenvalue weighted by atomic mass is 16.3. The number of hydrogen-bond acceptors (Lipinski definition) is 4. The largest absolute Gasteiger partial charge is 0.468 e. The Bertz CT molecular complexity index is 541. The van der Waals surface area contributed by atoms with Crippen LogP contribution < -0.4 is 5.32 Å². The molecule has 0 aliphatic heterocycles. The number of rotatable bonds is 5. The van der Waals surface area contributed by atoms with E-state index in [0.717, 1.165) is 11.3 Å². The van der Waals surface area contributed by atoms with E-state index in [1.54, 1.807) is 30.5 Å². The van der Waals surface area contributed by atoms with Crippen molar-refractivity contribution in [3.8, 4) is 6.07 Å². The van der Waals surface area contributed by atoms with Crippen LogP contribution in [0.1, 0.15) is 36.0 Å². The Balaban J connectivity index is 1.90. The molecule has 0 saturated heterocycles. The molecule has 0 aliphatic carbocycles. The number of hydrogen-bond donors (Lipinski definition) is 2. The zero-order valence-corrected chi connectivity index (χ0v) is 10.7. The predicted molar refractivity (Wildman–Crippen MR) is 71.2 cm³/mol. The Morgan fingerprint density at radius 2 is 2.05 bits per heavy atom. The Morgan fingerprint density at radius 1 is 1.32 bits per heavy atom. The molecule has 0 saturated carbocycles. The van der Waals surface area contributed by atoms with Crippen LogP contribution in [-0.4, -0.2) is 11.7 Å². The molecule has 4 heteroatoms. The number of nitrogens with one attached hydrogen (secondary N) is 1. The smallest absolute Gasteiger partial charge is 0.120 e. The second kappa shape index (κ2) is 6.19. The number of benzene rings is 1. The third-order valence-corrected chi connectivity index (χ3v) is 3.01. The van der Waals surface area contributed by atoms with Crippen LogP contribution in [-0.2, 0) is 0 Å². The molecule has 98 valence electrons. The normalized spacial score (nSPS) is 13.7. The molecule has 19 heavy (non-hydrogen) atoms. The van der Waals surface area contributed by atoms with Gasteiger partial charge in [0.2, 0.25) is 0 Å². The third kappa shape index (κ3) is 3.44. The van der Waals surface area contributed by atoms with E-state index in [0.29, 0.717) is 12.1 Å². The standard InChI is InChI=1S/C15H16N2O2/c1-11(15-3-2-8-19-15)17-10-14(18)13-6-4-12(9-16)5-7-13/h2-8,11,14,17-18H,10H2,1H3/t11-,14?/m0/s1. The molecular weight excluding hydrogens is 240 g/mol. The summed E-state index contributed by atoms with van der Waals surface area (Å²) in [7, 11) is 0. The molecule has 1 unspecified atom stereocenters. The molecule has 2 rings (SSSR count). The van der Waals surface area contributed by atoms with E-state index in [1.165, 1.54) is 0 Å². The summed E-state index contributed by atoms with van der Waals surface area (Å²) in [6.45, 7) is 2.40. The van der Waals surface area contributed by atoms with Crippen molar-refractivity contribution in [2.24, 2.45) is 0 Å². The number of nitrogens with zero attached hydrogens (tertiary/aromatic N) is 1. The van der Waals surface area contributed by atoms with Crippen LogP contribution >= 0.6 is 0 Å². The average Bonchev–Trinajstić information content (AvgIpc) is 2.98. The first-order chi connectivity index (χ1) is 9.20. The molecule has 0 radical (unpaired) electrons. The zero-order valence-electron chi connectivity index (χ0n) is 10.7. The first kappa shape index (κ1) is 13.3. The fourth-order valence-corrected chi connectivity index (χ4v) is 1.82. The predicted octanol–water partition coefficient (Wildman–Crippen LogP) is 2.54. The van der Waals surface area contributed by atoms with Crippen molar-refractivity contribution in [2.45, 2.75) is 19.1 Å². The van der Waals surface area contributed by atoms with Gasteiger partial charge in [-0.2, -0.15) is 5.26 Å². The minimum absolute atomic E-state index is 0.0445. The summed E-state index contributed by atoms with van der Waals surface area (Å²) < 4.78 is 5.28. The quantitative estimate of drug-likeness (QED) is 0.862. The number of aliphatic hydroxyl groups excluding tert-OH is 1. The molecule has 0 bridgehead atoms. The van der Waals surface area contributed by atoms with Gasteiger partial charge in [-0.05, 0) is 36.8 Å². The van der Waals surface area contributed by atoms with E-state index >= 15 is 0 Å². The molecular formula is C15H16N2O2. The maximum Gasteiger partial charge on any atom is 0.120 e. The van der Waals surface area contributed by atoms with E-state index in [2.05, 4.69) is 11.4 Å². The lowest BCUT2D eigenvalue weighted by Gasteiger charge is -2.16. The van der Waals surface area contributed by atoms with E-state index < -0.39 is 6.10 Å². The van der Waals surface area contributed by atoms with Gasteiger partial charge in [0.25, 0.3) is 0 Å². The van der Waals surface area contributed by atoms with E-state index in [1.807, 2.05) is 19.1 Å². The summed E-state index contributed by atoms with van der Waals surface area (Å²) in [6.07, 6.45) is 1.02. The highest BCUT2D eigenvalue weighted by Gasteiger charge is 2.12. The topological polar surface area (TPSA) is 69.2 Å². The van der Waals surface area contributed by atoms with Crippen molar-refractivity contribution < 1.29 is 9.52 Å². The second-order valence-electron chi connectivity index (χ2n) is 4.39. The van der Waals surface area contributed by atoms with Crippen molar-refractivity contribution >= 4 is 0 Å². The maximum atomic E-state index is 10.1. The summed E-state index contributed by atoms with van der Waals surface area (Å²) in [5.41, 5.74) is 1.38. The van der Waals surface area contributed by atoms with Crippen molar-refractivity contribution in [1.82, 2.24) is 5.32 Å². The van der Waals surface area contributed by atoms with Crippen LogP contribution in [0.25, 0.3) is 0 Å². The molecule has 0 aliphatic rings. The summed E-state index contributed by atoms with van der Waals surface area (Å²) in [5.74, 6) is 0.840. The van der Waals surface area contributed by atoms with Crippen LogP contribution in [0.3, 0.4) is 0 Å². The highest BCUT2D eigenvalue weighted by molar-refractivity contribution is 5.32. The minimum Gasteiger partial charge on any atom is -0.468 e. The van der Waals surface area contributed by atoms with Gasteiger partial charge in [0.1, 0.15) is 5.76 Å². The monoisotopic (exact) mass is 256 g/mol. The fraction of sp³-hybridized carbons (Fsp3) is 0.267. The fourth-order valence-electron chi connectivity index (χ4n) is 1.82. The SMILES string of the molecule is C[C@H](NCC(O)c1ccc(C#N)cc1)c1ccco1. The lowest BCUT2D eigenvalue weighted by atomic mass is 10.1. The second-order valence-corrected chi connectivity index (χ2v) is 4.39. The van der Waals surface area contributed by atoms with Crippen molar-refractivity contribution in [2.75, 3.05) is 6.54 Å². The van der Waals surface area contributed by atoms with Gasteiger partial charge in [-0.1, -0.05) is 12.1 Å². The molecule has 4 nitrogen and oxygen atoms in total. The number of nitriles is 1. The number of furan rings is 1. The first-order valence-corrected chi connectivity index (χ1v) is 6.15. The van der Waals surface area contributed by atoms with Crippen molar-refractivity contribution in [3.05, 3.63) is 59.5 Å². The highest BCUT2D eigenvalue weighted by Crippen LogP contribution is 2.16. The van der Waals surface area contributed by atoms with Gasteiger partial charge in [0.05, 0.1) is 30.0 Å². The van der Waals surface area contributed by atoms with Crippen LogP contribution in [0, 0.1) is 11.3 Å². The molecule has 0 amide bonds. The molecule has 1 heterocycles. The van der Waals surface area contributed by atoms with Crippen LogP contribution in [0.15, 0.2) is 47.1 Å². The van der Waals surface area contributed by atoms with Crippen LogP contribution in [0.5, 0.6) is 0 Å². The Morgan fingerprint density at radius 3 is 2.63 bits per heavy atom. The Hall–Kier alpha value is -2.09. The van der Waals surface area contributed by atoms with Gasteiger partial charge >= 0.3 is 0 Å². The van der Waals surface area contributed by atoms with Crippen LogP contribution in [0.4, 0.5) is 0 Å². The first-order valence-electron chi connectivity index (χ1n) is 6.15. The summed E-state index contributed by atoms with van der Waals surface area (Å²) >= 11 is 0. The Kier molecular flexibility index (Phi) is 4.35. The van der Waals surface area contributed by atoms with Gasteiger partial charge in [-0.25, -0.2) is 0 Å². The van der Waals surface area contributed by atoms with Gasteiger partial charge < -0.3 is 14.8 Å². The van der Waals surface area contributed by atoms with E-state index in [9.17, 15) is 5.11 Å². The molecule has 2 N–H and O–H groups in total. The third-order valence-electron chi connectivity index (χ3n) is 3.01. The van der Waals surface area contributed by atoms with E-state index in [4.69, 9.17) is 9.68 Å². The molecule has 1 aromatic carbocycles. The van der Waals surface area contributed by atoms with Gasteiger partial charge in [0, 0.05) is 6.54 Å². The van der Waals surface area contributed by atoms with Gasteiger partial charge in [0.15, 0.2) is 0 Å². The average molecular weight is 256 g/mol. The zero-order chi connectivity index (χ0) is 13.7. The molecule has 1 aromatic heterocycles. The molecule has 2 aromatic rings. The van der Waals surface area contributed by atoms with Crippen molar-refractivity contribution in [3.63, 3.8) is 0 Å². The van der Waals surface area contributed by atoms with Gasteiger partial charge in [-0.3, -0.25) is 0 Å². The lowest BCUT2D eigenvalue weighted by molar-refractivity contribution is 0.169. The molecule has 0 fully saturated rings. The summed E-state index contributed by atoms with van der Waals surface area (Å²) in [4.78, 5) is 0. The summed E-state index contributed by atoms with van der Waals surface area (Å²) in [5, 5.41) is 22.0. The van der Waals surface area contributed by atoms with Crippen LogP contribution in [0.2, 0.25) is 0 Å². The lowest BCUT2D eigenvalue weighted by Crippen LogP contribution is -2.24. The molecule has 0 spiro atoms. The van der Waals surface area contributed by atoms with E-state index in [-0.39, 0.29) is 6.04 Å². The summed E-state index contributed by atoms with van der Waals surface area (Å²) in [6, 6.07) is 12.8. The Labute approximate surface area is 112 Å².